The maximum absolute atomic E-state index is 11.9. The van der Waals surface area contributed by atoms with Gasteiger partial charge in [0.2, 0.25) is 0 Å². The summed E-state index contributed by atoms with van der Waals surface area (Å²) in [6, 6.07) is 0. The van der Waals surface area contributed by atoms with E-state index in [9.17, 15) is 4.39 Å². The summed E-state index contributed by atoms with van der Waals surface area (Å²) in [5, 5.41) is 0. The minimum atomic E-state index is -0.202. The molecule has 0 saturated carbocycles. The van der Waals surface area contributed by atoms with Gasteiger partial charge in [0.05, 0.1) is 18.9 Å². The van der Waals surface area contributed by atoms with Crippen molar-refractivity contribution in [1.82, 2.24) is 4.90 Å². The lowest BCUT2D eigenvalue weighted by Crippen LogP contribution is -2.26. The van der Waals surface area contributed by atoms with Crippen LogP contribution in [0.3, 0.4) is 0 Å². The van der Waals surface area contributed by atoms with Crippen molar-refractivity contribution in [3.05, 3.63) is 0 Å². The van der Waals surface area contributed by atoms with E-state index in [0.29, 0.717) is 18.6 Å². The molecule has 78 valence electrons. The third kappa shape index (κ3) is 4.05. The fraction of sp³-hybridized carbons (Fsp3) is 1.00. The Hall–Kier alpha value is -0.150. The molecule has 3 heteroatoms. The lowest BCUT2D eigenvalue weighted by atomic mass is 10.3. The predicted molar refractivity (Wildman–Crippen MR) is 51.7 cm³/mol. The molecule has 0 N–H and O–H groups in total. The van der Waals surface area contributed by atoms with Crippen LogP contribution in [0.5, 0.6) is 0 Å². The molecular formula is C10H20FNO. The summed E-state index contributed by atoms with van der Waals surface area (Å²) < 4.78 is 17.6. The molecule has 0 amide bonds. The smallest absolute Gasteiger partial charge is 0.0906 e. The van der Waals surface area contributed by atoms with E-state index in [4.69, 9.17) is 4.74 Å². The van der Waals surface area contributed by atoms with E-state index in [1.165, 1.54) is 0 Å². The van der Waals surface area contributed by atoms with Crippen molar-refractivity contribution in [2.24, 2.45) is 0 Å². The lowest BCUT2D eigenvalue weighted by Gasteiger charge is -2.16. The van der Waals surface area contributed by atoms with Crippen LogP contribution in [0.1, 0.15) is 26.7 Å². The Morgan fingerprint density at radius 2 is 2.31 bits per heavy atom. The highest BCUT2D eigenvalue weighted by Crippen LogP contribution is 2.14. The first-order valence-corrected chi connectivity index (χ1v) is 5.16. The fourth-order valence-electron chi connectivity index (χ4n) is 1.78. The average Bonchev–Trinajstić information content (AvgIpc) is 2.48. The predicted octanol–water partition coefficient (Wildman–Crippen LogP) is 1.85. The number of ether oxygens (including phenoxy) is 1. The SMILES string of the molecule is CC(C)OC1CCN(CCCF)C1. The van der Waals surface area contributed by atoms with Gasteiger partial charge >= 0.3 is 0 Å². The number of halogens is 1. The van der Waals surface area contributed by atoms with E-state index < -0.39 is 0 Å². The van der Waals surface area contributed by atoms with E-state index in [1.807, 2.05) is 0 Å². The average molecular weight is 189 g/mol. The molecule has 1 fully saturated rings. The standard InChI is InChI=1S/C10H20FNO/c1-9(2)13-10-4-7-12(8-10)6-3-5-11/h9-10H,3-8H2,1-2H3. The van der Waals surface area contributed by atoms with Gasteiger partial charge in [0.1, 0.15) is 0 Å². The van der Waals surface area contributed by atoms with Gasteiger partial charge < -0.3 is 9.64 Å². The zero-order valence-electron chi connectivity index (χ0n) is 8.63. The van der Waals surface area contributed by atoms with Gasteiger partial charge in [-0.15, -0.1) is 0 Å². The molecule has 13 heavy (non-hydrogen) atoms. The number of nitrogens with zero attached hydrogens (tertiary/aromatic N) is 1. The molecule has 2 nitrogen and oxygen atoms in total. The first kappa shape index (κ1) is 10.9. The highest BCUT2D eigenvalue weighted by Gasteiger charge is 2.22. The van der Waals surface area contributed by atoms with Gasteiger partial charge in [0.15, 0.2) is 0 Å². The zero-order valence-corrected chi connectivity index (χ0v) is 8.63. The second-order valence-electron chi connectivity index (χ2n) is 3.94. The van der Waals surface area contributed by atoms with Gasteiger partial charge in [-0.05, 0) is 26.7 Å². The lowest BCUT2D eigenvalue weighted by molar-refractivity contribution is 0.0140. The first-order chi connectivity index (χ1) is 6.22. The molecule has 0 aromatic heterocycles. The van der Waals surface area contributed by atoms with Crippen LogP contribution < -0.4 is 0 Å². The van der Waals surface area contributed by atoms with Gasteiger partial charge in [-0.25, -0.2) is 0 Å². The highest BCUT2D eigenvalue weighted by atomic mass is 19.1. The van der Waals surface area contributed by atoms with Crippen molar-refractivity contribution in [2.75, 3.05) is 26.3 Å². The fourth-order valence-corrected chi connectivity index (χ4v) is 1.78. The van der Waals surface area contributed by atoms with E-state index in [0.717, 1.165) is 26.1 Å². The molecule has 0 spiro atoms. The summed E-state index contributed by atoms with van der Waals surface area (Å²) in [5.74, 6) is 0. The third-order valence-electron chi connectivity index (χ3n) is 2.30. The molecule has 1 aliphatic heterocycles. The van der Waals surface area contributed by atoms with Gasteiger partial charge in [-0.1, -0.05) is 0 Å². The minimum absolute atomic E-state index is 0.202. The molecule has 0 aromatic rings. The zero-order chi connectivity index (χ0) is 9.68. The van der Waals surface area contributed by atoms with Gasteiger partial charge in [-0.2, -0.15) is 0 Å². The van der Waals surface area contributed by atoms with Crippen molar-refractivity contribution >= 4 is 0 Å². The quantitative estimate of drug-likeness (QED) is 0.654. The summed E-state index contributed by atoms with van der Waals surface area (Å²) in [6.45, 7) is 6.85. The number of likely N-dealkylation sites (tertiary alicyclic amines) is 1. The second-order valence-corrected chi connectivity index (χ2v) is 3.94. The molecule has 1 rings (SSSR count). The first-order valence-electron chi connectivity index (χ1n) is 5.16. The topological polar surface area (TPSA) is 12.5 Å². The van der Waals surface area contributed by atoms with Crippen molar-refractivity contribution in [1.29, 1.82) is 0 Å². The van der Waals surface area contributed by atoms with E-state index >= 15 is 0 Å². The molecule has 1 saturated heterocycles. The maximum atomic E-state index is 11.9. The Bertz CT molecular complexity index is 141. The molecule has 1 aliphatic rings. The summed E-state index contributed by atoms with van der Waals surface area (Å²) in [7, 11) is 0. The van der Waals surface area contributed by atoms with Crippen LogP contribution in [0, 0.1) is 0 Å². The number of alkyl halides is 1. The van der Waals surface area contributed by atoms with Crippen molar-refractivity contribution in [3.63, 3.8) is 0 Å². The molecule has 1 atom stereocenters. The highest BCUT2D eigenvalue weighted by molar-refractivity contribution is 4.76. The largest absolute Gasteiger partial charge is 0.374 e. The van der Waals surface area contributed by atoms with E-state index in [-0.39, 0.29) is 6.67 Å². The van der Waals surface area contributed by atoms with Crippen LogP contribution in [0.15, 0.2) is 0 Å². The van der Waals surface area contributed by atoms with Crippen LogP contribution >= 0.6 is 0 Å². The maximum Gasteiger partial charge on any atom is 0.0906 e. The van der Waals surface area contributed by atoms with Crippen LogP contribution in [-0.4, -0.2) is 43.4 Å². The second kappa shape index (κ2) is 5.55. The summed E-state index contributed by atoms with van der Waals surface area (Å²) in [6.07, 6.45) is 2.45. The van der Waals surface area contributed by atoms with Crippen LogP contribution in [0.4, 0.5) is 4.39 Å². The monoisotopic (exact) mass is 189 g/mol. The number of hydrogen-bond acceptors (Lipinski definition) is 2. The van der Waals surface area contributed by atoms with Crippen molar-refractivity contribution in [3.8, 4) is 0 Å². The normalized spacial score (nSPS) is 24.5. The summed E-state index contributed by atoms with van der Waals surface area (Å²) in [4.78, 5) is 2.28. The number of rotatable bonds is 5. The van der Waals surface area contributed by atoms with E-state index in [2.05, 4.69) is 18.7 Å². The number of hydrogen-bond donors (Lipinski definition) is 0. The van der Waals surface area contributed by atoms with E-state index in [1.54, 1.807) is 0 Å². The Morgan fingerprint density at radius 3 is 2.92 bits per heavy atom. The van der Waals surface area contributed by atoms with Gasteiger partial charge in [0.25, 0.3) is 0 Å². The summed E-state index contributed by atoms with van der Waals surface area (Å²) in [5.41, 5.74) is 0. The Labute approximate surface area is 80.1 Å². The van der Waals surface area contributed by atoms with Crippen LogP contribution in [-0.2, 0) is 4.74 Å². The molecule has 0 bridgehead atoms. The van der Waals surface area contributed by atoms with Gasteiger partial charge in [-0.3, -0.25) is 4.39 Å². The Balaban J connectivity index is 2.12. The molecule has 0 aromatic carbocycles. The van der Waals surface area contributed by atoms with Gasteiger partial charge in [0, 0.05) is 19.6 Å². The Morgan fingerprint density at radius 1 is 1.54 bits per heavy atom. The molecule has 1 heterocycles. The van der Waals surface area contributed by atoms with Crippen molar-refractivity contribution < 1.29 is 9.13 Å². The summed E-state index contributed by atoms with van der Waals surface area (Å²) >= 11 is 0. The van der Waals surface area contributed by atoms with Crippen LogP contribution in [0.2, 0.25) is 0 Å². The molecule has 1 unspecified atom stereocenters. The van der Waals surface area contributed by atoms with Crippen LogP contribution in [0.25, 0.3) is 0 Å². The minimum Gasteiger partial charge on any atom is -0.374 e. The third-order valence-corrected chi connectivity index (χ3v) is 2.30. The van der Waals surface area contributed by atoms with Crippen molar-refractivity contribution in [2.45, 2.75) is 38.9 Å². The Kier molecular flexibility index (Phi) is 4.67. The molecule has 0 aliphatic carbocycles. The molecular weight excluding hydrogens is 169 g/mol. The molecule has 0 radical (unpaired) electrons.